The molecule has 0 unspecified atom stereocenters. The lowest BCUT2D eigenvalue weighted by atomic mass is 10.1. The van der Waals surface area contributed by atoms with E-state index in [1.54, 1.807) is 12.4 Å². The van der Waals surface area contributed by atoms with Crippen molar-refractivity contribution in [1.82, 2.24) is 4.98 Å². The highest BCUT2D eigenvalue weighted by Gasteiger charge is 2.08. The average molecular weight is 321 g/mol. The number of ether oxygens (including phenoxy) is 1. The number of rotatable bonds is 5. The van der Waals surface area contributed by atoms with Gasteiger partial charge in [0.2, 0.25) is 0 Å². The van der Waals surface area contributed by atoms with E-state index in [4.69, 9.17) is 10.5 Å². The fourth-order valence-electron chi connectivity index (χ4n) is 1.84. The Bertz CT molecular complexity index is 529. The number of halogens is 1. The molecule has 0 radical (unpaired) electrons. The van der Waals surface area contributed by atoms with Gasteiger partial charge < -0.3 is 10.5 Å². The van der Waals surface area contributed by atoms with Gasteiger partial charge in [-0.3, -0.25) is 4.98 Å². The first-order valence-electron chi connectivity index (χ1n) is 6.23. The van der Waals surface area contributed by atoms with Crippen molar-refractivity contribution in [3.63, 3.8) is 0 Å². The van der Waals surface area contributed by atoms with Gasteiger partial charge in [0.05, 0.1) is 6.61 Å². The minimum Gasteiger partial charge on any atom is -0.493 e. The van der Waals surface area contributed by atoms with Gasteiger partial charge in [-0.1, -0.05) is 22.0 Å². The first-order chi connectivity index (χ1) is 9.16. The molecule has 0 bridgehead atoms. The molecule has 2 rings (SSSR count). The molecule has 1 atom stereocenters. The topological polar surface area (TPSA) is 48.1 Å². The van der Waals surface area contributed by atoms with Crippen molar-refractivity contribution in [2.45, 2.75) is 19.4 Å². The summed E-state index contributed by atoms with van der Waals surface area (Å²) in [6.07, 6.45) is 4.44. The molecular weight excluding hydrogens is 304 g/mol. The molecule has 0 aliphatic heterocycles. The van der Waals surface area contributed by atoms with Crippen molar-refractivity contribution >= 4 is 15.9 Å². The predicted molar refractivity (Wildman–Crippen MR) is 80.2 cm³/mol. The zero-order valence-electron chi connectivity index (χ0n) is 10.8. The Morgan fingerprint density at radius 3 is 2.68 bits per heavy atom. The Labute approximate surface area is 121 Å². The van der Waals surface area contributed by atoms with Gasteiger partial charge in [0.15, 0.2) is 0 Å². The summed E-state index contributed by atoms with van der Waals surface area (Å²) >= 11 is 3.45. The van der Waals surface area contributed by atoms with Gasteiger partial charge in [-0.2, -0.15) is 0 Å². The van der Waals surface area contributed by atoms with Crippen LogP contribution in [-0.4, -0.2) is 11.6 Å². The first-order valence-corrected chi connectivity index (χ1v) is 7.03. The minimum absolute atomic E-state index is 0.0379. The van der Waals surface area contributed by atoms with Crippen molar-refractivity contribution in [1.29, 1.82) is 0 Å². The third kappa shape index (κ3) is 4.04. The van der Waals surface area contributed by atoms with E-state index in [-0.39, 0.29) is 6.04 Å². The molecule has 0 fully saturated rings. The summed E-state index contributed by atoms with van der Waals surface area (Å²) in [5.41, 5.74) is 8.18. The Morgan fingerprint density at radius 2 is 2.00 bits per heavy atom. The van der Waals surface area contributed by atoms with Gasteiger partial charge in [-0.25, -0.2) is 0 Å². The molecule has 2 aromatic rings. The first kappa shape index (κ1) is 14.0. The molecule has 0 saturated carbocycles. The number of nitrogens with two attached hydrogens (primary N) is 1. The standard InChI is InChI=1S/C15H17BrN2O/c1-11(17)14-3-2-13(16)10-15(14)19-9-6-12-4-7-18-8-5-12/h2-5,7-8,10-11H,6,9,17H2,1H3/t11-/m1/s1. The molecule has 1 aromatic carbocycles. The molecule has 0 aliphatic carbocycles. The number of aromatic nitrogens is 1. The summed E-state index contributed by atoms with van der Waals surface area (Å²) in [6, 6.07) is 9.90. The van der Waals surface area contributed by atoms with Crippen LogP contribution in [-0.2, 0) is 6.42 Å². The molecule has 2 N–H and O–H groups in total. The molecule has 0 saturated heterocycles. The number of pyridine rings is 1. The van der Waals surface area contributed by atoms with Gasteiger partial charge in [-0.15, -0.1) is 0 Å². The number of hydrogen-bond acceptors (Lipinski definition) is 3. The molecule has 1 heterocycles. The molecule has 3 nitrogen and oxygen atoms in total. The summed E-state index contributed by atoms with van der Waals surface area (Å²) in [4.78, 5) is 4.00. The lowest BCUT2D eigenvalue weighted by molar-refractivity contribution is 0.317. The van der Waals surface area contributed by atoms with Gasteiger partial charge in [0.1, 0.15) is 5.75 Å². The van der Waals surface area contributed by atoms with Crippen LogP contribution >= 0.6 is 15.9 Å². The maximum atomic E-state index is 5.94. The highest BCUT2D eigenvalue weighted by atomic mass is 79.9. The molecule has 19 heavy (non-hydrogen) atoms. The van der Waals surface area contributed by atoms with Crippen LogP contribution in [0.25, 0.3) is 0 Å². The van der Waals surface area contributed by atoms with Gasteiger partial charge in [0, 0.05) is 34.9 Å². The van der Waals surface area contributed by atoms with Crippen LogP contribution in [0, 0.1) is 0 Å². The SMILES string of the molecule is C[C@@H](N)c1ccc(Br)cc1OCCc1ccncc1. The van der Waals surface area contributed by atoms with Crippen LogP contribution in [0.1, 0.15) is 24.1 Å². The lowest BCUT2D eigenvalue weighted by Crippen LogP contribution is -2.09. The highest BCUT2D eigenvalue weighted by molar-refractivity contribution is 9.10. The molecule has 1 aromatic heterocycles. The van der Waals surface area contributed by atoms with Gasteiger partial charge in [-0.05, 0) is 36.8 Å². The number of hydrogen-bond donors (Lipinski definition) is 1. The van der Waals surface area contributed by atoms with Crippen LogP contribution in [0.2, 0.25) is 0 Å². The van der Waals surface area contributed by atoms with Crippen LogP contribution in [0.15, 0.2) is 47.2 Å². The normalized spacial score (nSPS) is 12.2. The Morgan fingerprint density at radius 1 is 1.26 bits per heavy atom. The van der Waals surface area contributed by atoms with E-state index in [1.165, 1.54) is 5.56 Å². The van der Waals surface area contributed by atoms with E-state index >= 15 is 0 Å². The maximum absolute atomic E-state index is 5.94. The van der Waals surface area contributed by atoms with Crippen molar-refractivity contribution < 1.29 is 4.74 Å². The van der Waals surface area contributed by atoms with Gasteiger partial charge >= 0.3 is 0 Å². The molecule has 0 amide bonds. The van der Waals surface area contributed by atoms with E-state index in [1.807, 2.05) is 37.3 Å². The summed E-state index contributed by atoms with van der Waals surface area (Å²) < 4.78 is 6.85. The summed E-state index contributed by atoms with van der Waals surface area (Å²) in [6.45, 7) is 2.58. The lowest BCUT2D eigenvalue weighted by Gasteiger charge is -2.14. The Balaban J connectivity index is 2.01. The fourth-order valence-corrected chi connectivity index (χ4v) is 2.18. The van der Waals surface area contributed by atoms with E-state index in [0.717, 1.165) is 22.2 Å². The molecule has 100 valence electrons. The second-order valence-electron chi connectivity index (χ2n) is 4.42. The van der Waals surface area contributed by atoms with E-state index < -0.39 is 0 Å². The molecule has 0 spiro atoms. The summed E-state index contributed by atoms with van der Waals surface area (Å²) in [7, 11) is 0. The minimum atomic E-state index is -0.0379. The summed E-state index contributed by atoms with van der Waals surface area (Å²) in [5, 5.41) is 0. The Hall–Kier alpha value is -1.39. The van der Waals surface area contributed by atoms with Crippen LogP contribution in [0.4, 0.5) is 0 Å². The van der Waals surface area contributed by atoms with Crippen LogP contribution in [0.3, 0.4) is 0 Å². The van der Waals surface area contributed by atoms with E-state index in [0.29, 0.717) is 6.61 Å². The predicted octanol–water partition coefficient (Wildman–Crippen LogP) is 3.49. The molecule has 4 heteroatoms. The van der Waals surface area contributed by atoms with Crippen LogP contribution in [0.5, 0.6) is 5.75 Å². The highest BCUT2D eigenvalue weighted by Crippen LogP contribution is 2.27. The smallest absolute Gasteiger partial charge is 0.125 e. The monoisotopic (exact) mass is 320 g/mol. The average Bonchev–Trinajstić information content (AvgIpc) is 2.39. The number of nitrogens with zero attached hydrogens (tertiary/aromatic N) is 1. The third-order valence-corrected chi connectivity index (χ3v) is 3.36. The zero-order chi connectivity index (χ0) is 13.7. The second kappa shape index (κ2) is 6.68. The van der Waals surface area contributed by atoms with Crippen molar-refractivity contribution in [3.05, 3.63) is 58.3 Å². The largest absolute Gasteiger partial charge is 0.493 e. The van der Waals surface area contributed by atoms with Crippen LogP contribution < -0.4 is 10.5 Å². The van der Waals surface area contributed by atoms with Crippen molar-refractivity contribution in [2.24, 2.45) is 5.73 Å². The van der Waals surface area contributed by atoms with Crippen molar-refractivity contribution in [3.8, 4) is 5.75 Å². The van der Waals surface area contributed by atoms with E-state index in [2.05, 4.69) is 20.9 Å². The number of benzene rings is 1. The molecule has 0 aliphatic rings. The summed E-state index contributed by atoms with van der Waals surface area (Å²) in [5.74, 6) is 0.846. The molecular formula is C15H17BrN2O. The van der Waals surface area contributed by atoms with Gasteiger partial charge in [0.25, 0.3) is 0 Å². The van der Waals surface area contributed by atoms with E-state index in [9.17, 15) is 0 Å². The van der Waals surface area contributed by atoms with Crippen molar-refractivity contribution in [2.75, 3.05) is 6.61 Å². The second-order valence-corrected chi connectivity index (χ2v) is 5.34. The quantitative estimate of drug-likeness (QED) is 0.917. The fraction of sp³-hybridized carbons (Fsp3) is 0.267. The Kier molecular flexibility index (Phi) is 4.93. The zero-order valence-corrected chi connectivity index (χ0v) is 12.4. The third-order valence-electron chi connectivity index (χ3n) is 2.86. The maximum Gasteiger partial charge on any atom is 0.125 e.